The molecule has 0 aromatic heterocycles. The van der Waals surface area contributed by atoms with Gasteiger partial charge >= 0.3 is 11.8 Å². The van der Waals surface area contributed by atoms with Crippen molar-refractivity contribution >= 4 is 33.2 Å². The molecule has 0 bridgehead atoms. The summed E-state index contributed by atoms with van der Waals surface area (Å²) in [4.78, 5) is 24.5. The van der Waals surface area contributed by atoms with Gasteiger partial charge in [0, 0.05) is 12.2 Å². The summed E-state index contributed by atoms with van der Waals surface area (Å²) in [5.41, 5.74) is 1.68. The largest absolute Gasteiger partial charge is 0.394 e. The Morgan fingerprint density at radius 1 is 1.07 bits per heavy atom. The third kappa shape index (κ3) is 5.33. The van der Waals surface area contributed by atoms with E-state index < -0.39 is 27.9 Å². The lowest BCUT2D eigenvalue weighted by molar-refractivity contribution is -0.136. The Hall–Kier alpha value is -2.91. The van der Waals surface area contributed by atoms with E-state index in [-0.39, 0.29) is 12.4 Å². The molecule has 8 nitrogen and oxygen atoms in total. The third-order valence-corrected chi connectivity index (χ3v) is 6.45. The number of aliphatic hydroxyl groups excluding tert-OH is 1. The summed E-state index contributed by atoms with van der Waals surface area (Å²) in [7, 11) is -3.34. The quantitative estimate of drug-likeness (QED) is 0.604. The highest BCUT2D eigenvalue weighted by Gasteiger charge is 2.28. The highest BCUT2D eigenvalue weighted by atomic mass is 32.2. The van der Waals surface area contributed by atoms with Crippen LogP contribution in [-0.4, -0.2) is 50.3 Å². The van der Waals surface area contributed by atoms with Crippen LogP contribution in [0.1, 0.15) is 12.0 Å². The highest BCUT2D eigenvalue weighted by Crippen LogP contribution is 2.26. The predicted molar refractivity (Wildman–Crippen MR) is 110 cm³/mol. The summed E-state index contributed by atoms with van der Waals surface area (Å²) in [6.07, 6.45) is 0.934. The van der Waals surface area contributed by atoms with Crippen molar-refractivity contribution in [3.8, 4) is 0 Å². The van der Waals surface area contributed by atoms with Gasteiger partial charge in [-0.3, -0.25) is 13.9 Å². The number of nitrogens with one attached hydrogen (secondary N) is 2. The Morgan fingerprint density at radius 3 is 2.48 bits per heavy atom. The van der Waals surface area contributed by atoms with Gasteiger partial charge in [-0.1, -0.05) is 36.4 Å². The van der Waals surface area contributed by atoms with E-state index in [1.54, 1.807) is 18.2 Å². The molecule has 154 valence electrons. The minimum atomic E-state index is -3.34. The van der Waals surface area contributed by atoms with Crippen LogP contribution in [-0.2, 0) is 26.0 Å². The second-order valence-corrected chi connectivity index (χ2v) is 8.80. The Labute approximate surface area is 169 Å². The molecule has 2 amide bonds. The summed E-state index contributed by atoms with van der Waals surface area (Å²) in [5, 5.41) is 14.5. The maximum atomic E-state index is 12.2. The molecule has 3 N–H and O–H groups in total. The smallest absolute Gasteiger partial charge is 0.313 e. The first kappa shape index (κ1) is 20.8. The Kier molecular flexibility index (Phi) is 6.50. The summed E-state index contributed by atoms with van der Waals surface area (Å²) in [6, 6.07) is 15.1. The molecule has 0 spiro atoms. The average molecular weight is 417 g/mol. The zero-order valence-corrected chi connectivity index (χ0v) is 16.6. The first-order valence-corrected chi connectivity index (χ1v) is 10.9. The van der Waals surface area contributed by atoms with Crippen LogP contribution in [0.15, 0.2) is 54.6 Å². The van der Waals surface area contributed by atoms with Gasteiger partial charge in [-0.15, -0.1) is 0 Å². The first-order chi connectivity index (χ1) is 13.9. The lowest BCUT2D eigenvalue weighted by Gasteiger charge is -2.18. The topological polar surface area (TPSA) is 116 Å². The number of carbonyl (C=O) groups excluding carboxylic acids is 2. The van der Waals surface area contributed by atoms with Crippen LogP contribution in [0.3, 0.4) is 0 Å². The van der Waals surface area contributed by atoms with Gasteiger partial charge in [0.2, 0.25) is 10.0 Å². The molecule has 0 aliphatic carbocycles. The van der Waals surface area contributed by atoms with Gasteiger partial charge in [-0.25, -0.2) is 8.42 Å². The summed E-state index contributed by atoms with van der Waals surface area (Å²) >= 11 is 0. The number of rotatable bonds is 6. The van der Waals surface area contributed by atoms with E-state index in [0.29, 0.717) is 30.8 Å². The van der Waals surface area contributed by atoms with Crippen LogP contribution in [0.4, 0.5) is 11.4 Å². The Morgan fingerprint density at radius 2 is 1.83 bits per heavy atom. The fourth-order valence-electron chi connectivity index (χ4n) is 3.17. The van der Waals surface area contributed by atoms with Gasteiger partial charge in [-0.2, -0.15) is 0 Å². The fraction of sp³-hybridized carbons (Fsp3) is 0.300. The summed E-state index contributed by atoms with van der Waals surface area (Å²) in [6.45, 7) is 0.0775. The minimum absolute atomic E-state index is 0.0932. The standard InChI is InChI=1S/C20H23N3O5S/c24-14-17(12-15-6-2-1-3-7-15)22-20(26)19(25)21-16-8-4-9-18(13-16)23-10-5-11-29(23,27)28/h1-4,6-9,13,17,24H,5,10-12,14H2,(H,21,25)(H,22,26)/t17-/m0/s1. The molecular formula is C20H23N3O5S. The molecule has 29 heavy (non-hydrogen) atoms. The molecule has 1 atom stereocenters. The van der Waals surface area contributed by atoms with Crippen molar-refractivity contribution in [1.29, 1.82) is 0 Å². The molecule has 0 unspecified atom stereocenters. The Balaban J connectivity index is 1.62. The molecule has 1 heterocycles. The fourth-order valence-corrected chi connectivity index (χ4v) is 4.72. The third-order valence-electron chi connectivity index (χ3n) is 4.58. The van der Waals surface area contributed by atoms with Crippen molar-refractivity contribution in [2.24, 2.45) is 0 Å². The van der Waals surface area contributed by atoms with Gasteiger partial charge in [0.1, 0.15) is 0 Å². The number of hydrogen-bond acceptors (Lipinski definition) is 5. The molecule has 0 saturated carbocycles. The maximum absolute atomic E-state index is 12.2. The van der Waals surface area contributed by atoms with Crippen LogP contribution in [0.25, 0.3) is 0 Å². The number of aliphatic hydroxyl groups is 1. The molecule has 9 heteroatoms. The molecule has 3 rings (SSSR count). The van der Waals surface area contributed by atoms with Crippen molar-refractivity contribution in [3.05, 3.63) is 60.2 Å². The predicted octanol–water partition coefficient (Wildman–Crippen LogP) is 0.885. The van der Waals surface area contributed by atoms with Crippen molar-refractivity contribution in [3.63, 3.8) is 0 Å². The molecule has 1 saturated heterocycles. The summed E-state index contributed by atoms with van der Waals surface area (Å²) < 4.78 is 25.4. The van der Waals surface area contributed by atoms with Crippen molar-refractivity contribution in [1.82, 2.24) is 5.32 Å². The van der Waals surface area contributed by atoms with E-state index in [0.717, 1.165) is 5.56 Å². The lowest BCUT2D eigenvalue weighted by atomic mass is 10.1. The van der Waals surface area contributed by atoms with Crippen molar-refractivity contribution < 1.29 is 23.1 Å². The van der Waals surface area contributed by atoms with E-state index in [9.17, 15) is 23.1 Å². The number of hydrogen-bond donors (Lipinski definition) is 3. The van der Waals surface area contributed by atoms with Crippen molar-refractivity contribution in [2.45, 2.75) is 18.9 Å². The van der Waals surface area contributed by atoms with Crippen molar-refractivity contribution in [2.75, 3.05) is 28.5 Å². The van der Waals surface area contributed by atoms with Gasteiger partial charge in [0.15, 0.2) is 0 Å². The van der Waals surface area contributed by atoms with Gasteiger partial charge in [0.25, 0.3) is 0 Å². The van der Waals surface area contributed by atoms with Gasteiger partial charge in [0.05, 0.1) is 24.1 Å². The molecule has 2 aromatic rings. The number of amides is 2. The second kappa shape index (κ2) is 9.06. The molecule has 1 aliphatic rings. The van der Waals surface area contributed by atoms with Gasteiger partial charge < -0.3 is 15.7 Å². The molecule has 2 aromatic carbocycles. The lowest BCUT2D eigenvalue weighted by Crippen LogP contribution is -2.44. The number of anilines is 2. The van der Waals surface area contributed by atoms with Gasteiger partial charge in [-0.05, 0) is 36.6 Å². The van der Waals surface area contributed by atoms with E-state index in [1.165, 1.54) is 10.4 Å². The van der Waals surface area contributed by atoms with Crippen LogP contribution in [0.5, 0.6) is 0 Å². The van der Waals surface area contributed by atoms with Crippen LogP contribution in [0, 0.1) is 0 Å². The van der Waals surface area contributed by atoms with E-state index in [1.807, 2.05) is 30.3 Å². The number of nitrogens with zero attached hydrogens (tertiary/aromatic N) is 1. The first-order valence-electron chi connectivity index (χ1n) is 9.26. The number of benzene rings is 2. The van der Waals surface area contributed by atoms with E-state index in [4.69, 9.17) is 0 Å². The van der Waals surface area contributed by atoms with Crippen LogP contribution < -0.4 is 14.9 Å². The average Bonchev–Trinajstić information content (AvgIpc) is 3.07. The maximum Gasteiger partial charge on any atom is 0.313 e. The van der Waals surface area contributed by atoms with E-state index >= 15 is 0 Å². The minimum Gasteiger partial charge on any atom is -0.394 e. The zero-order chi connectivity index (χ0) is 20.9. The molecular weight excluding hydrogens is 394 g/mol. The van der Waals surface area contributed by atoms with E-state index in [2.05, 4.69) is 10.6 Å². The number of sulfonamides is 1. The van der Waals surface area contributed by atoms with Crippen LogP contribution in [0.2, 0.25) is 0 Å². The van der Waals surface area contributed by atoms with Crippen LogP contribution >= 0.6 is 0 Å². The SMILES string of the molecule is O=C(Nc1cccc(N2CCCS2(=O)=O)c1)C(=O)N[C@H](CO)Cc1ccccc1. The second-order valence-electron chi connectivity index (χ2n) is 6.79. The molecule has 0 radical (unpaired) electrons. The zero-order valence-electron chi connectivity index (χ0n) is 15.7. The summed E-state index contributed by atoms with van der Waals surface area (Å²) in [5.74, 6) is -1.67. The highest BCUT2D eigenvalue weighted by molar-refractivity contribution is 7.93. The molecule has 1 aliphatic heterocycles. The molecule has 1 fully saturated rings. The number of carbonyl (C=O) groups is 2. The Bertz CT molecular complexity index is 979. The monoisotopic (exact) mass is 417 g/mol. The normalized spacial score (nSPS) is 16.2.